The summed E-state index contributed by atoms with van der Waals surface area (Å²) in [5, 5.41) is 8.26. The van der Waals surface area contributed by atoms with Gasteiger partial charge in [-0.15, -0.1) is 0 Å². The van der Waals surface area contributed by atoms with Gasteiger partial charge in [-0.05, 0) is 62.7 Å². The molecule has 0 radical (unpaired) electrons. The van der Waals surface area contributed by atoms with Crippen LogP contribution in [0.5, 0.6) is 0 Å². The highest BCUT2D eigenvalue weighted by molar-refractivity contribution is 7.92. The molecule has 188 valence electrons. The molecule has 1 saturated carbocycles. The van der Waals surface area contributed by atoms with Gasteiger partial charge in [0.15, 0.2) is 15.6 Å². The molecule has 3 aliphatic rings. The Morgan fingerprint density at radius 1 is 1.26 bits per heavy atom. The lowest BCUT2D eigenvalue weighted by atomic mass is 9.75. The van der Waals surface area contributed by atoms with Crippen molar-refractivity contribution in [2.45, 2.75) is 80.5 Å². The number of ketones is 2. The van der Waals surface area contributed by atoms with E-state index in [2.05, 4.69) is 12.1 Å². The SMILES string of the molecule is C[C@]1(CCC(=O)C(CC[C@]23CCCC=C2COCO3)S(=O)(=O)c2ccccc2)C(=O)CC[C@@H]1C#N. The summed E-state index contributed by atoms with van der Waals surface area (Å²) >= 11 is 0. The Morgan fingerprint density at radius 2 is 2.03 bits per heavy atom. The minimum absolute atomic E-state index is 0.0224. The predicted molar refractivity (Wildman–Crippen MR) is 129 cm³/mol. The summed E-state index contributed by atoms with van der Waals surface area (Å²) in [5.41, 5.74) is -0.479. The second-order valence-electron chi connectivity index (χ2n) is 10.1. The van der Waals surface area contributed by atoms with Gasteiger partial charge >= 0.3 is 0 Å². The van der Waals surface area contributed by atoms with Crippen molar-refractivity contribution in [3.05, 3.63) is 42.0 Å². The minimum atomic E-state index is -3.95. The number of Topliss-reactive ketones (excluding diaryl/α,β-unsaturated/α-hetero) is 2. The Morgan fingerprint density at radius 3 is 2.77 bits per heavy atom. The number of nitrogens with zero attached hydrogens (tertiary/aromatic N) is 1. The molecule has 7 nitrogen and oxygen atoms in total. The van der Waals surface area contributed by atoms with Gasteiger partial charge in [-0.2, -0.15) is 5.26 Å². The monoisotopic (exact) mass is 499 g/mol. The average molecular weight is 500 g/mol. The molecule has 1 heterocycles. The second-order valence-corrected chi connectivity index (χ2v) is 12.3. The summed E-state index contributed by atoms with van der Waals surface area (Å²) in [5.74, 6) is -0.876. The highest BCUT2D eigenvalue weighted by atomic mass is 32.2. The Hall–Kier alpha value is -2.34. The molecular weight excluding hydrogens is 466 g/mol. The van der Waals surface area contributed by atoms with Crippen LogP contribution in [0.1, 0.15) is 64.7 Å². The number of allylic oxidation sites excluding steroid dienone is 1. The summed E-state index contributed by atoms with van der Waals surface area (Å²) in [7, 11) is -3.95. The fraction of sp³-hybridized carbons (Fsp3) is 0.593. The molecule has 0 spiro atoms. The number of hydrogen-bond acceptors (Lipinski definition) is 7. The van der Waals surface area contributed by atoms with Crippen LogP contribution in [-0.2, 0) is 28.9 Å². The maximum atomic E-state index is 13.6. The van der Waals surface area contributed by atoms with Crippen molar-refractivity contribution in [2.75, 3.05) is 13.4 Å². The van der Waals surface area contributed by atoms with Gasteiger partial charge in [-0.1, -0.05) is 31.2 Å². The van der Waals surface area contributed by atoms with Crippen LogP contribution in [0.3, 0.4) is 0 Å². The first-order valence-electron chi connectivity index (χ1n) is 12.4. The number of nitriles is 1. The molecule has 1 aliphatic heterocycles. The summed E-state index contributed by atoms with van der Waals surface area (Å²) in [4.78, 5) is 26.2. The van der Waals surface area contributed by atoms with Gasteiger partial charge in [-0.3, -0.25) is 9.59 Å². The van der Waals surface area contributed by atoms with Crippen LogP contribution in [-0.4, -0.2) is 44.2 Å². The molecule has 2 aliphatic carbocycles. The van der Waals surface area contributed by atoms with Crippen LogP contribution in [0, 0.1) is 22.7 Å². The van der Waals surface area contributed by atoms with Crippen molar-refractivity contribution < 1.29 is 27.5 Å². The molecule has 0 amide bonds. The quantitative estimate of drug-likeness (QED) is 0.465. The lowest BCUT2D eigenvalue weighted by Gasteiger charge is -2.42. The van der Waals surface area contributed by atoms with Crippen LogP contribution in [0.2, 0.25) is 0 Å². The number of fused-ring (bicyclic) bond motifs is 1. The standard InChI is InChI=1S/C27H33NO6S/c1-26(20(17-28)10-11-25(26)30)15-12-23(29)24(35(31,32)22-8-3-2-4-9-22)13-16-27-14-6-5-7-21(27)18-33-19-34-27/h2-4,7-9,20,24H,5-6,10-16,18-19H2,1H3/t20-,24?,26-,27-/m1/s1. The highest BCUT2D eigenvalue weighted by Crippen LogP contribution is 2.44. The zero-order valence-electron chi connectivity index (χ0n) is 20.2. The molecule has 4 rings (SSSR count). The minimum Gasteiger partial charge on any atom is -0.351 e. The van der Waals surface area contributed by atoms with E-state index in [0.717, 1.165) is 24.8 Å². The van der Waals surface area contributed by atoms with E-state index in [1.807, 2.05) is 0 Å². The van der Waals surface area contributed by atoms with Crippen molar-refractivity contribution >= 4 is 21.4 Å². The number of hydrogen-bond donors (Lipinski definition) is 0. The fourth-order valence-corrected chi connectivity index (χ4v) is 7.55. The predicted octanol–water partition coefficient (Wildman–Crippen LogP) is 4.32. The highest BCUT2D eigenvalue weighted by Gasteiger charge is 2.47. The van der Waals surface area contributed by atoms with Crippen molar-refractivity contribution in [3.8, 4) is 6.07 Å². The molecular formula is C27H33NO6S. The zero-order valence-corrected chi connectivity index (χ0v) is 21.0. The lowest BCUT2D eigenvalue weighted by Crippen LogP contribution is -2.44. The van der Waals surface area contributed by atoms with Gasteiger partial charge in [-0.25, -0.2) is 8.42 Å². The van der Waals surface area contributed by atoms with Gasteiger partial charge in [0.05, 0.1) is 29.1 Å². The maximum Gasteiger partial charge on any atom is 0.188 e. The Balaban J connectivity index is 1.58. The van der Waals surface area contributed by atoms with E-state index in [1.165, 1.54) is 12.1 Å². The summed E-state index contributed by atoms with van der Waals surface area (Å²) < 4.78 is 38.8. The molecule has 8 heteroatoms. The normalized spacial score (nSPS) is 29.7. The summed E-state index contributed by atoms with van der Waals surface area (Å²) in [6, 6.07) is 10.3. The van der Waals surface area contributed by atoms with Crippen LogP contribution in [0.4, 0.5) is 0 Å². The van der Waals surface area contributed by atoms with Gasteiger partial charge in [0.2, 0.25) is 0 Å². The molecule has 4 atom stereocenters. The third-order valence-electron chi connectivity index (χ3n) is 8.17. The Bertz CT molecular complexity index is 1140. The average Bonchev–Trinajstić information content (AvgIpc) is 3.16. The molecule has 1 saturated heterocycles. The lowest BCUT2D eigenvalue weighted by molar-refractivity contribution is -0.168. The molecule has 0 aromatic heterocycles. The number of sulfone groups is 1. The maximum absolute atomic E-state index is 13.6. The first-order chi connectivity index (χ1) is 16.7. The van der Waals surface area contributed by atoms with E-state index >= 15 is 0 Å². The van der Waals surface area contributed by atoms with Crippen molar-refractivity contribution in [1.82, 2.24) is 0 Å². The Kier molecular flexibility index (Phi) is 7.60. The van der Waals surface area contributed by atoms with E-state index in [1.54, 1.807) is 25.1 Å². The van der Waals surface area contributed by atoms with Gasteiger partial charge < -0.3 is 9.47 Å². The third kappa shape index (κ3) is 5.00. The van der Waals surface area contributed by atoms with Crippen molar-refractivity contribution in [2.24, 2.45) is 11.3 Å². The molecule has 2 fully saturated rings. The number of rotatable bonds is 9. The Labute approximate surface area is 207 Å². The third-order valence-corrected chi connectivity index (χ3v) is 10.3. The number of carbonyl (C=O) groups excluding carboxylic acids is 2. The molecule has 1 unspecified atom stereocenters. The first-order valence-corrected chi connectivity index (χ1v) is 13.9. The molecule has 1 aromatic rings. The van der Waals surface area contributed by atoms with Crippen LogP contribution >= 0.6 is 0 Å². The first kappa shape index (κ1) is 25.7. The van der Waals surface area contributed by atoms with Crippen molar-refractivity contribution in [3.63, 3.8) is 0 Å². The molecule has 0 bridgehead atoms. The fourth-order valence-electron chi connectivity index (χ4n) is 5.80. The summed E-state index contributed by atoms with van der Waals surface area (Å²) in [6.45, 7) is 2.34. The van der Waals surface area contributed by atoms with E-state index in [4.69, 9.17) is 9.47 Å². The van der Waals surface area contributed by atoms with Crippen LogP contribution in [0.25, 0.3) is 0 Å². The van der Waals surface area contributed by atoms with E-state index < -0.39 is 37.8 Å². The van der Waals surface area contributed by atoms with Gasteiger partial charge in [0, 0.05) is 18.3 Å². The summed E-state index contributed by atoms with van der Waals surface area (Å²) in [6.07, 6.45) is 6.21. The topological polar surface area (TPSA) is 111 Å². The molecule has 35 heavy (non-hydrogen) atoms. The molecule has 0 N–H and O–H groups in total. The number of carbonyl (C=O) groups is 2. The van der Waals surface area contributed by atoms with E-state index in [0.29, 0.717) is 25.9 Å². The van der Waals surface area contributed by atoms with E-state index in [9.17, 15) is 23.3 Å². The zero-order chi connectivity index (χ0) is 25.1. The van der Waals surface area contributed by atoms with Crippen molar-refractivity contribution in [1.29, 1.82) is 5.26 Å². The smallest absolute Gasteiger partial charge is 0.188 e. The largest absolute Gasteiger partial charge is 0.351 e. The van der Waals surface area contributed by atoms with Gasteiger partial charge in [0.25, 0.3) is 0 Å². The van der Waals surface area contributed by atoms with Crippen LogP contribution in [0.15, 0.2) is 46.9 Å². The number of benzene rings is 1. The van der Waals surface area contributed by atoms with Crippen LogP contribution < -0.4 is 0 Å². The second kappa shape index (κ2) is 10.3. The molecule has 1 aromatic carbocycles. The van der Waals surface area contributed by atoms with Gasteiger partial charge in [0.1, 0.15) is 17.8 Å². The number of ether oxygens (including phenoxy) is 2. The van der Waals surface area contributed by atoms with E-state index in [-0.39, 0.29) is 36.7 Å².